The highest BCUT2D eigenvalue weighted by Gasteiger charge is 2.26. The number of amides is 1. The zero-order chi connectivity index (χ0) is 19.5. The second-order valence-corrected chi connectivity index (χ2v) is 6.90. The van der Waals surface area contributed by atoms with Gasteiger partial charge in [-0.2, -0.15) is 5.26 Å². The molecule has 0 bridgehead atoms. The van der Waals surface area contributed by atoms with Crippen LogP contribution in [0.1, 0.15) is 29.3 Å². The van der Waals surface area contributed by atoms with Crippen molar-refractivity contribution >= 4 is 23.4 Å². The Bertz CT molecular complexity index is 951. The summed E-state index contributed by atoms with van der Waals surface area (Å²) in [7, 11) is 0. The third-order valence-corrected chi connectivity index (χ3v) is 5.26. The quantitative estimate of drug-likeness (QED) is 0.824. The van der Waals surface area contributed by atoms with Gasteiger partial charge >= 0.3 is 6.09 Å². The number of allylic oxidation sites excluding steroid dienone is 1. The minimum Gasteiger partial charge on any atom is -0.450 e. The Labute approximate surface area is 164 Å². The fraction of sp³-hybridized carbons (Fsp3) is 0.318. The monoisotopic (exact) mass is 374 g/mol. The first-order valence-corrected chi connectivity index (χ1v) is 9.55. The van der Waals surface area contributed by atoms with Gasteiger partial charge in [0.2, 0.25) is 0 Å². The minimum absolute atomic E-state index is 0.231. The molecule has 1 saturated heterocycles. The molecule has 1 fully saturated rings. The fourth-order valence-corrected chi connectivity index (χ4v) is 3.77. The third-order valence-electron chi connectivity index (χ3n) is 5.26. The highest BCUT2D eigenvalue weighted by Crippen LogP contribution is 2.36. The van der Waals surface area contributed by atoms with Crippen LogP contribution >= 0.6 is 0 Å². The average molecular weight is 374 g/mol. The lowest BCUT2D eigenvalue weighted by molar-refractivity contribution is 0.105. The van der Waals surface area contributed by atoms with Gasteiger partial charge in [0.25, 0.3) is 0 Å². The maximum Gasteiger partial charge on any atom is 0.409 e. The standard InChI is InChI=1S/C22H22N4O2/c1-2-28-22(27)26-11-9-25(10-12-26)21-7-8-24-20-14-18(13-19(20)21)17-5-3-16(15-23)4-6-17/h3-8,13H,2,9-12,14H2,1H3. The number of aromatic nitrogens is 1. The molecular weight excluding hydrogens is 352 g/mol. The van der Waals surface area contributed by atoms with Crippen LogP contribution in [0.2, 0.25) is 0 Å². The predicted octanol–water partition coefficient (Wildman–Crippen LogP) is 3.33. The molecule has 1 aromatic heterocycles. The summed E-state index contributed by atoms with van der Waals surface area (Å²) in [5.74, 6) is 0. The predicted molar refractivity (Wildman–Crippen MR) is 108 cm³/mol. The van der Waals surface area contributed by atoms with Crippen LogP contribution in [0.25, 0.3) is 11.6 Å². The minimum atomic E-state index is -0.231. The highest BCUT2D eigenvalue weighted by atomic mass is 16.6. The second-order valence-electron chi connectivity index (χ2n) is 6.90. The smallest absolute Gasteiger partial charge is 0.409 e. The normalized spacial score (nSPS) is 15.6. The van der Waals surface area contributed by atoms with E-state index in [4.69, 9.17) is 10.00 Å². The fourth-order valence-electron chi connectivity index (χ4n) is 3.77. The Kier molecular flexibility index (Phi) is 4.98. The summed E-state index contributed by atoms with van der Waals surface area (Å²) in [6.07, 6.45) is 4.63. The molecule has 6 nitrogen and oxygen atoms in total. The van der Waals surface area contributed by atoms with Gasteiger partial charge in [-0.1, -0.05) is 12.1 Å². The van der Waals surface area contributed by atoms with Crippen molar-refractivity contribution in [1.82, 2.24) is 9.88 Å². The van der Waals surface area contributed by atoms with E-state index in [1.807, 2.05) is 37.4 Å². The summed E-state index contributed by atoms with van der Waals surface area (Å²) in [6.45, 7) is 5.08. The molecule has 1 aromatic carbocycles. The Morgan fingerprint density at radius 1 is 1.18 bits per heavy atom. The summed E-state index contributed by atoms with van der Waals surface area (Å²) < 4.78 is 5.10. The van der Waals surface area contributed by atoms with Crippen molar-refractivity contribution < 1.29 is 9.53 Å². The number of pyridine rings is 1. The summed E-state index contributed by atoms with van der Waals surface area (Å²) >= 11 is 0. The van der Waals surface area contributed by atoms with Crippen molar-refractivity contribution in [2.45, 2.75) is 13.3 Å². The molecule has 0 radical (unpaired) electrons. The Balaban J connectivity index is 1.53. The molecule has 0 saturated carbocycles. The van der Waals surface area contributed by atoms with Crippen LogP contribution in [-0.4, -0.2) is 48.8 Å². The molecule has 1 aliphatic heterocycles. The van der Waals surface area contributed by atoms with E-state index in [1.165, 1.54) is 5.57 Å². The van der Waals surface area contributed by atoms with Crippen LogP contribution < -0.4 is 4.90 Å². The van der Waals surface area contributed by atoms with E-state index >= 15 is 0 Å². The van der Waals surface area contributed by atoms with Crippen molar-refractivity contribution in [3.8, 4) is 6.07 Å². The van der Waals surface area contributed by atoms with Gasteiger partial charge in [0.15, 0.2) is 0 Å². The Morgan fingerprint density at radius 3 is 2.61 bits per heavy atom. The van der Waals surface area contributed by atoms with E-state index in [0.717, 1.165) is 42.0 Å². The largest absolute Gasteiger partial charge is 0.450 e. The number of nitriles is 1. The van der Waals surface area contributed by atoms with Crippen molar-refractivity contribution in [1.29, 1.82) is 5.26 Å². The molecule has 4 rings (SSSR count). The molecule has 2 heterocycles. The van der Waals surface area contributed by atoms with Gasteiger partial charge < -0.3 is 14.5 Å². The molecule has 6 heteroatoms. The van der Waals surface area contributed by atoms with Crippen LogP contribution in [0.3, 0.4) is 0 Å². The lowest BCUT2D eigenvalue weighted by Gasteiger charge is -2.36. The number of carbonyl (C=O) groups excluding carboxylic acids is 1. The zero-order valence-electron chi connectivity index (χ0n) is 15.9. The van der Waals surface area contributed by atoms with Crippen molar-refractivity contribution in [3.63, 3.8) is 0 Å². The van der Waals surface area contributed by atoms with E-state index in [0.29, 0.717) is 25.3 Å². The number of rotatable bonds is 3. The molecule has 0 spiro atoms. The van der Waals surface area contributed by atoms with Gasteiger partial charge in [0.1, 0.15) is 0 Å². The zero-order valence-corrected chi connectivity index (χ0v) is 15.9. The van der Waals surface area contributed by atoms with Crippen LogP contribution in [-0.2, 0) is 11.2 Å². The number of hydrogen-bond donors (Lipinski definition) is 0. The molecule has 2 aromatic rings. The van der Waals surface area contributed by atoms with E-state index in [9.17, 15) is 4.79 Å². The van der Waals surface area contributed by atoms with Crippen LogP contribution in [0.15, 0.2) is 36.5 Å². The van der Waals surface area contributed by atoms with Gasteiger partial charge in [0, 0.05) is 50.0 Å². The number of nitrogens with zero attached hydrogens (tertiary/aromatic N) is 4. The second kappa shape index (κ2) is 7.73. The SMILES string of the molecule is CCOC(=O)N1CCN(c2ccnc3c2C=C(c2ccc(C#N)cc2)C3)CC1. The number of fused-ring (bicyclic) bond motifs is 1. The summed E-state index contributed by atoms with van der Waals surface area (Å²) in [5, 5.41) is 8.99. The summed E-state index contributed by atoms with van der Waals surface area (Å²) in [5.41, 5.74) is 6.39. The first-order chi connectivity index (χ1) is 13.7. The van der Waals surface area contributed by atoms with Crippen molar-refractivity contribution in [2.24, 2.45) is 0 Å². The molecule has 0 unspecified atom stereocenters. The van der Waals surface area contributed by atoms with Crippen LogP contribution in [0.5, 0.6) is 0 Å². The Hall–Kier alpha value is -3.33. The number of benzene rings is 1. The molecule has 2 aliphatic rings. The lowest BCUT2D eigenvalue weighted by Crippen LogP contribution is -2.49. The first kappa shape index (κ1) is 18.1. The van der Waals surface area contributed by atoms with Gasteiger partial charge in [-0.15, -0.1) is 0 Å². The molecule has 0 atom stereocenters. The van der Waals surface area contributed by atoms with E-state index in [1.54, 1.807) is 4.90 Å². The molecule has 142 valence electrons. The maximum absolute atomic E-state index is 11.9. The maximum atomic E-state index is 11.9. The number of piperazine rings is 1. The van der Waals surface area contributed by atoms with Crippen molar-refractivity contribution in [2.75, 3.05) is 37.7 Å². The number of ether oxygens (including phenoxy) is 1. The number of hydrogen-bond acceptors (Lipinski definition) is 5. The molecule has 1 amide bonds. The van der Waals surface area contributed by atoms with Crippen molar-refractivity contribution in [3.05, 3.63) is 58.9 Å². The average Bonchev–Trinajstić information content (AvgIpc) is 3.18. The third kappa shape index (κ3) is 3.44. The van der Waals surface area contributed by atoms with E-state index in [2.05, 4.69) is 28.1 Å². The molecule has 1 aliphatic carbocycles. The van der Waals surface area contributed by atoms with E-state index in [-0.39, 0.29) is 6.09 Å². The van der Waals surface area contributed by atoms with Gasteiger partial charge in [0.05, 0.1) is 23.9 Å². The topological polar surface area (TPSA) is 69.5 Å². The highest BCUT2D eigenvalue weighted by molar-refractivity contribution is 5.92. The van der Waals surface area contributed by atoms with Gasteiger partial charge in [-0.25, -0.2) is 4.79 Å². The molecule has 28 heavy (non-hydrogen) atoms. The summed E-state index contributed by atoms with van der Waals surface area (Å²) in [6, 6.07) is 11.9. The number of carbonyl (C=O) groups is 1. The molecule has 0 N–H and O–H groups in total. The Morgan fingerprint density at radius 2 is 1.93 bits per heavy atom. The van der Waals surface area contributed by atoms with Crippen LogP contribution in [0, 0.1) is 11.3 Å². The van der Waals surface area contributed by atoms with Gasteiger partial charge in [-0.3, -0.25) is 4.98 Å². The van der Waals surface area contributed by atoms with Crippen LogP contribution in [0.4, 0.5) is 10.5 Å². The van der Waals surface area contributed by atoms with E-state index < -0.39 is 0 Å². The van der Waals surface area contributed by atoms with Gasteiger partial charge in [-0.05, 0) is 42.3 Å². The molecular formula is C22H22N4O2. The first-order valence-electron chi connectivity index (χ1n) is 9.55. The summed E-state index contributed by atoms with van der Waals surface area (Å²) in [4.78, 5) is 20.6. The number of anilines is 1. The lowest BCUT2D eigenvalue weighted by atomic mass is 10.0.